The molecule has 0 N–H and O–H groups in total. The predicted molar refractivity (Wildman–Crippen MR) is 113 cm³/mol. The van der Waals surface area contributed by atoms with E-state index in [1.807, 2.05) is 12.2 Å². The van der Waals surface area contributed by atoms with Crippen LogP contribution in [0.1, 0.15) is 12.0 Å². The number of hydrogen-bond acceptors (Lipinski definition) is 8. The molecule has 33 heavy (non-hydrogen) atoms. The minimum Gasteiger partial charge on any atom is -0.483 e. The van der Waals surface area contributed by atoms with Gasteiger partial charge in [-0.1, -0.05) is 12.2 Å². The molecule has 2 aliphatic heterocycles. The average molecular weight is 454 g/mol. The number of benzene rings is 1. The second kappa shape index (κ2) is 8.39. The first kappa shape index (κ1) is 21.3. The lowest BCUT2D eigenvalue weighted by Gasteiger charge is -2.26. The van der Waals surface area contributed by atoms with Gasteiger partial charge in [-0.25, -0.2) is 0 Å². The third-order valence-corrected chi connectivity index (χ3v) is 6.68. The van der Waals surface area contributed by atoms with Crippen molar-refractivity contribution in [3.63, 3.8) is 0 Å². The molecule has 2 saturated heterocycles. The number of imide groups is 1. The van der Waals surface area contributed by atoms with Gasteiger partial charge in [-0.05, 0) is 24.3 Å². The van der Waals surface area contributed by atoms with Crippen LogP contribution in [0.3, 0.4) is 0 Å². The molecule has 4 aliphatic rings. The van der Waals surface area contributed by atoms with E-state index in [-0.39, 0.29) is 53.2 Å². The number of fused-ring (bicyclic) bond motifs is 5. The maximum absolute atomic E-state index is 12.8. The molecule has 2 heterocycles. The summed E-state index contributed by atoms with van der Waals surface area (Å²) in [6.07, 6.45) is 5.99. The van der Waals surface area contributed by atoms with Crippen LogP contribution in [0.2, 0.25) is 0 Å². The van der Waals surface area contributed by atoms with Crippen LogP contribution in [-0.2, 0) is 19.1 Å². The number of nitro groups is 1. The Labute approximate surface area is 188 Å². The molecule has 1 aromatic rings. The Morgan fingerprint density at radius 2 is 1.85 bits per heavy atom. The highest BCUT2D eigenvalue weighted by molar-refractivity contribution is 6.07. The number of nitrogens with zero attached hydrogens (tertiary/aromatic N) is 4. The van der Waals surface area contributed by atoms with E-state index in [1.54, 1.807) is 4.90 Å². The van der Waals surface area contributed by atoms with Gasteiger partial charge in [-0.3, -0.25) is 24.5 Å². The molecule has 5 rings (SSSR count). The number of ether oxygens (including phenoxy) is 2. The van der Waals surface area contributed by atoms with Crippen LogP contribution in [0.15, 0.2) is 35.5 Å². The number of non-ortho nitro benzene ring substituents is 1. The lowest BCUT2D eigenvalue weighted by molar-refractivity contribution is -0.384. The highest BCUT2D eigenvalue weighted by Crippen LogP contribution is 2.52. The van der Waals surface area contributed by atoms with Gasteiger partial charge in [-0.15, -0.1) is 0 Å². The molecule has 0 unspecified atom stereocenters. The molecule has 1 aromatic carbocycles. The highest BCUT2D eigenvalue weighted by atomic mass is 16.6. The zero-order valence-electron chi connectivity index (χ0n) is 17.7. The lowest BCUT2D eigenvalue weighted by Crippen LogP contribution is -2.43. The number of nitro benzene ring substituents is 1. The van der Waals surface area contributed by atoms with Gasteiger partial charge in [0.2, 0.25) is 0 Å². The van der Waals surface area contributed by atoms with Crippen LogP contribution in [0.5, 0.6) is 5.75 Å². The molecular formula is C22H22N4O7. The Hall–Kier alpha value is -3.60. The van der Waals surface area contributed by atoms with Gasteiger partial charge in [0.05, 0.1) is 36.2 Å². The van der Waals surface area contributed by atoms with Crippen LogP contribution in [-0.4, -0.2) is 71.7 Å². The predicted octanol–water partition coefficient (Wildman–Crippen LogP) is 0.973. The topological polar surface area (TPSA) is 132 Å². The van der Waals surface area contributed by atoms with Crippen molar-refractivity contribution in [1.82, 2.24) is 9.91 Å². The molecule has 0 radical (unpaired) electrons. The van der Waals surface area contributed by atoms with Gasteiger partial charge < -0.3 is 14.4 Å². The molecule has 11 heteroatoms. The van der Waals surface area contributed by atoms with Crippen LogP contribution in [0.4, 0.5) is 5.69 Å². The SMILES string of the molecule is O=C(COc1ccc([N+](=O)[O-])cc1C=NN1C(=O)[C@@H]2[C@H](C1=O)[C@H]1C=C[C@H]2C1)N1CCOCC1. The van der Waals surface area contributed by atoms with E-state index in [2.05, 4.69) is 5.10 Å². The molecule has 0 aromatic heterocycles. The summed E-state index contributed by atoms with van der Waals surface area (Å²) >= 11 is 0. The van der Waals surface area contributed by atoms with Crippen molar-refractivity contribution in [1.29, 1.82) is 0 Å². The summed E-state index contributed by atoms with van der Waals surface area (Å²) in [4.78, 5) is 50.3. The van der Waals surface area contributed by atoms with Gasteiger partial charge >= 0.3 is 0 Å². The maximum atomic E-state index is 12.8. The Balaban J connectivity index is 1.34. The molecule has 1 saturated carbocycles. The number of rotatable bonds is 6. The van der Waals surface area contributed by atoms with Crippen molar-refractivity contribution in [3.05, 3.63) is 46.0 Å². The first-order valence-electron chi connectivity index (χ1n) is 10.8. The van der Waals surface area contributed by atoms with Crippen LogP contribution in [0.25, 0.3) is 0 Å². The minimum absolute atomic E-state index is 0.0551. The van der Waals surface area contributed by atoms with E-state index in [4.69, 9.17) is 9.47 Å². The van der Waals surface area contributed by atoms with Gasteiger partial charge in [0.15, 0.2) is 6.61 Å². The Morgan fingerprint density at radius 3 is 2.48 bits per heavy atom. The van der Waals surface area contributed by atoms with Gasteiger partial charge in [0, 0.05) is 30.8 Å². The van der Waals surface area contributed by atoms with Crippen molar-refractivity contribution >= 4 is 29.6 Å². The molecule has 11 nitrogen and oxygen atoms in total. The quantitative estimate of drug-likeness (QED) is 0.206. The summed E-state index contributed by atoms with van der Waals surface area (Å²) in [7, 11) is 0. The van der Waals surface area contributed by atoms with E-state index in [0.717, 1.165) is 11.4 Å². The highest BCUT2D eigenvalue weighted by Gasteiger charge is 2.59. The third kappa shape index (κ3) is 3.78. The smallest absolute Gasteiger partial charge is 0.270 e. The first-order valence-corrected chi connectivity index (χ1v) is 10.8. The first-order chi connectivity index (χ1) is 15.9. The normalized spacial score (nSPS) is 28.1. The van der Waals surface area contributed by atoms with Crippen molar-refractivity contribution < 1.29 is 28.8 Å². The van der Waals surface area contributed by atoms with E-state index >= 15 is 0 Å². The Kier molecular flexibility index (Phi) is 5.41. The van der Waals surface area contributed by atoms with Gasteiger partial charge in [-0.2, -0.15) is 10.1 Å². The zero-order valence-corrected chi connectivity index (χ0v) is 17.7. The van der Waals surface area contributed by atoms with E-state index < -0.39 is 16.8 Å². The fraction of sp³-hybridized carbons (Fsp3) is 0.455. The average Bonchev–Trinajstić information content (AvgIpc) is 3.51. The maximum Gasteiger partial charge on any atom is 0.270 e. The number of carbonyl (C=O) groups is 3. The van der Waals surface area contributed by atoms with Crippen LogP contribution in [0, 0.1) is 33.8 Å². The van der Waals surface area contributed by atoms with Crippen LogP contribution < -0.4 is 4.74 Å². The second-order valence-corrected chi connectivity index (χ2v) is 8.49. The minimum atomic E-state index is -0.570. The number of carbonyl (C=O) groups excluding carboxylic acids is 3. The fourth-order valence-electron chi connectivity index (χ4n) is 5.05. The summed E-state index contributed by atoms with van der Waals surface area (Å²) in [5, 5.41) is 16.2. The number of amides is 3. The van der Waals surface area contributed by atoms with E-state index in [9.17, 15) is 24.5 Å². The standard InChI is InChI=1S/C22H22N4O7/c27-18(24-5-7-32-8-6-24)12-33-17-4-3-16(26(30)31)10-15(17)11-23-25-21(28)19-13-1-2-14(9-13)20(19)22(25)29/h1-4,10-11,13-14,19-20H,5-9,12H2/t13-,14-,19-,20+/m0/s1. The number of hydrazone groups is 1. The van der Waals surface area contributed by atoms with Crippen molar-refractivity contribution in [2.24, 2.45) is 28.8 Å². The monoisotopic (exact) mass is 454 g/mol. The molecule has 0 spiro atoms. The van der Waals surface area contributed by atoms with Crippen molar-refractivity contribution in [2.75, 3.05) is 32.9 Å². The fourth-order valence-corrected chi connectivity index (χ4v) is 5.05. The Bertz CT molecular complexity index is 1050. The molecule has 3 fully saturated rings. The van der Waals surface area contributed by atoms with E-state index in [0.29, 0.717) is 26.3 Å². The summed E-state index contributed by atoms with van der Waals surface area (Å²) in [6, 6.07) is 3.86. The second-order valence-electron chi connectivity index (χ2n) is 8.49. The molecule has 3 amide bonds. The van der Waals surface area contributed by atoms with Gasteiger partial charge in [0.25, 0.3) is 23.4 Å². The number of allylic oxidation sites excluding steroid dienone is 2. The van der Waals surface area contributed by atoms with Gasteiger partial charge in [0.1, 0.15) is 5.75 Å². The number of hydrogen-bond donors (Lipinski definition) is 0. The number of morpholine rings is 1. The molecule has 172 valence electrons. The zero-order chi connectivity index (χ0) is 23.1. The van der Waals surface area contributed by atoms with Crippen molar-refractivity contribution in [2.45, 2.75) is 6.42 Å². The van der Waals surface area contributed by atoms with E-state index in [1.165, 1.54) is 24.4 Å². The summed E-state index contributed by atoms with van der Waals surface area (Å²) in [5.41, 5.74) is -0.0146. The molecule has 2 aliphatic carbocycles. The Morgan fingerprint density at radius 1 is 1.18 bits per heavy atom. The molecular weight excluding hydrogens is 432 g/mol. The van der Waals surface area contributed by atoms with Crippen LogP contribution >= 0.6 is 0 Å². The molecule has 2 bridgehead atoms. The summed E-state index contributed by atoms with van der Waals surface area (Å²) < 4.78 is 10.9. The van der Waals surface area contributed by atoms with Crippen molar-refractivity contribution in [3.8, 4) is 5.75 Å². The molecule has 4 atom stereocenters. The summed E-state index contributed by atoms with van der Waals surface area (Å²) in [6.45, 7) is 1.58. The summed E-state index contributed by atoms with van der Waals surface area (Å²) in [5.74, 6) is -1.43. The lowest BCUT2D eigenvalue weighted by atomic mass is 9.85. The third-order valence-electron chi connectivity index (χ3n) is 6.68. The largest absolute Gasteiger partial charge is 0.483 e.